The molecule has 2 aliphatic carbocycles. The quantitative estimate of drug-likeness (QED) is 0.553. The minimum absolute atomic E-state index is 0.513. The van der Waals surface area contributed by atoms with Crippen LogP contribution in [0.1, 0.15) is 65.2 Å². The van der Waals surface area contributed by atoms with Gasteiger partial charge in [-0.3, -0.25) is 0 Å². The summed E-state index contributed by atoms with van der Waals surface area (Å²) < 4.78 is 0. The smallest absolute Gasteiger partial charge is 0.00486 e. The van der Waals surface area contributed by atoms with Crippen LogP contribution in [0.15, 0.2) is 0 Å². The van der Waals surface area contributed by atoms with Crippen LogP contribution < -0.4 is 0 Å². The molecular formula is C16H31NS. The predicted molar refractivity (Wildman–Crippen MR) is 83.4 cm³/mol. The molecule has 2 rings (SSSR count). The molecule has 0 atom stereocenters. The van der Waals surface area contributed by atoms with Crippen LogP contribution in [0, 0.1) is 11.3 Å². The fraction of sp³-hybridized carbons (Fsp3) is 1.00. The Labute approximate surface area is 119 Å². The van der Waals surface area contributed by atoms with Gasteiger partial charge in [0.25, 0.3) is 0 Å². The lowest BCUT2D eigenvalue weighted by Crippen LogP contribution is -2.43. The van der Waals surface area contributed by atoms with Crippen molar-refractivity contribution in [3.05, 3.63) is 0 Å². The van der Waals surface area contributed by atoms with Crippen LogP contribution >= 0.6 is 12.6 Å². The summed E-state index contributed by atoms with van der Waals surface area (Å²) in [7, 11) is 0. The molecule has 18 heavy (non-hydrogen) atoms. The molecule has 0 bridgehead atoms. The van der Waals surface area contributed by atoms with E-state index in [-0.39, 0.29) is 0 Å². The van der Waals surface area contributed by atoms with Gasteiger partial charge in [-0.25, -0.2) is 0 Å². The largest absolute Gasteiger partial charge is 0.300 e. The number of hydrogen-bond donors (Lipinski definition) is 1. The zero-order valence-electron chi connectivity index (χ0n) is 12.3. The van der Waals surface area contributed by atoms with Gasteiger partial charge in [0.1, 0.15) is 0 Å². The second-order valence-electron chi connectivity index (χ2n) is 7.04. The minimum atomic E-state index is 0.513. The van der Waals surface area contributed by atoms with Gasteiger partial charge in [-0.15, -0.1) is 0 Å². The van der Waals surface area contributed by atoms with Gasteiger partial charge in [-0.05, 0) is 56.6 Å². The monoisotopic (exact) mass is 269 g/mol. The molecule has 0 saturated heterocycles. The first-order chi connectivity index (χ1) is 8.65. The van der Waals surface area contributed by atoms with Crippen molar-refractivity contribution in [3.8, 4) is 0 Å². The molecule has 0 aliphatic heterocycles. The average Bonchev–Trinajstić information content (AvgIpc) is 3.16. The lowest BCUT2D eigenvalue weighted by Gasteiger charge is -2.39. The van der Waals surface area contributed by atoms with E-state index in [0.717, 1.165) is 11.7 Å². The summed E-state index contributed by atoms with van der Waals surface area (Å²) >= 11 is 4.72. The Bertz CT molecular complexity index is 239. The molecule has 0 radical (unpaired) electrons. The summed E-state index contributed by atoms with van der Waals surface area (Å²) in [6, 6.07) is 0.700. The van der Waals surface area contributed by atoms with Crippen molar-refractivity contribution in [2.75, 3.05) is 18.8 Å². The van der Waals surface area contributed by atoms with Crippen LogP contribution in [-0.4, -0.2) is 29.8 Å². The van der Waals surface area contributed by atoms with Crippen LogP contribution in [0.2, 0.25) is 0 Å². The fourth-order valence-corrected chi connectivity index (χ4v) is 3.78. The maximum atomic E-state index is 4.72. The van der Waals surface area contributed by atoms with Crippen molar-refractivity contribution >= 4 is 12.6 Å². The Morgan fingerprint density at radius 1 is 1.11 bits per heavy atom. The summed E-state index contributed by atoms with van der Waals surface area (Å²) in [5.74, 6) is 2.09. The summed E-state index contributed by atoms with van der Waals surface area (Å²) in [6.07, 6.45) is 11.5. The van der Waals surface area contributed by atoms with Crippen LogP contribution in [-0.2, 0) is 0 Å². The molecule has 0 spiro atoms. The third kappa shape index (κ3) is 4.16. The summed E-state index contributed by atoms with van der Waals surface area (Å²) in [5, 5.41) is 0. The molecule has 2 fully saturated rings. The molecule has 0 unspecified atom stereocenters. The number of rotatable bonds is 6. The molecular weight excluding hydrogens is 238 g/mol. The molecule has 2 heteroatoms. The SMILES string of the molecule is CC(C)N(CC1CC1)CC1(CS)CCCCCC1. The zero-order valence-corrected chi connectivity index (χ0v) is 13.2. The van der Waals surface area contributed by atoms with E-state index in [9.17, 15) is 0 Å². The standard InChI is InChI=1S/C16H31NS/c1-14(2)17(11-15-7-8-15)12-16(13-18)9-5-3-4-6-10-16/h14-15,18H,3-13H2,1-2H3. The highest BCUT2D eigenvalue weighted by atomic mass is 32.1. The first-order valence-electron chi connectivity index (χ1n) is 8.00. The lowest BCUT2D eigenvalue weighted by atomic mass is 9.81. The minimum Gasteiger partial charge on any atom is -0.300 e. The predicted octanol–water partition coefficient (Wildman–Crippen LogP) is 4.38. The molecule has 106 valence electrons. The van der Waals surface area contributed by atoms with Gasteiger partial charge in [0.2, 0.25) is 0 Å². The number of nitrogens with zero attached hydrogens (tertiary/aromatic N) is 1. The highest BCUT2D eigenvalue weighted by Gasteiger charge is 2.34. The highest BCUT2D eigenvalue weighted by molar-refractivity contribution is 7.80. The Morgan fingerprint density at radius 2 is 1.72 bits per heavy atom. The fourth-order valence-electron chi connectivity index (χ4n) is 3.37. The molecule has 1 nitrogen and oxygen atoms in total. The Balaban J connectivity index is 1.95. The summed E-state index contributed by atoms with van der Waals surface area (Å²) in [6.45, 7) is 7.37. The maximum Gasteiger partial charge on any atom is 0.00486 e. The molecule has 0 aromatic carbocycles. The third-order valence-electron chi connectivity index (χ3n) is 4.96. The van der Waals surface area contributed by atoms with Crippen LogP contribution in [0.4, 0.5) is 0 Å². The zero-order chi connectivity index (χ0) is 13.0. The van der Waals surface area contributed by atoms with Gasteiger partial charge in [0, 0.05) is 19.1 Å². The van der Waals surface area contributed by atoms with Crippen molar-refractivity contribution in [1.29, 1.82) is 0 Å². The average molecular weight is 269 g/mol. The van der Waals surface area contributed by atoms with Crippen molar-refractivity contribution in [1.82, 2.24) is 4.90 Å². The van der Waals surface area contributed by atoms with E-state index in [2.05, 4.69) is 18.7 Å². The van der Waals surface area contributed by atoms with Gasteiger partial charge in [0.15, 0.2) is 0 Å². The molecule has 2 aliphatic rings. The molecule has 0 heterocycles. The second kappa shape index (κ2) is 6.65. The second-order valence-corrected chi connectivity index (χ2v) is 7.36. The Hall–Kier alpha value is 0.310. The van der Waals surface area contributed by atoms with Gasteiger partial charge >= 0.3 is 0 Å². The number of thiol groups is 1. The van der Waals surface area contributed by atoms with Gasteiger partial charge in [0.05, 0.1) is 0 Å². The molecule has 0 N–H and O–H groups in total. The van der Waals surface area contributed by atoms with Crippen LogP contribution in [0.3, 0.4) is 0 Å². The van der Waals surface area contributed by atoms with E-state index in [4.69, 9.17) is 12.6 Å². The summed E-state index contributed by atoms with van der Waals surface area (Å²) in [4.78, 5) is 2.75. The van der Waals surface area contributed by atoms with E-state index in [1.807, 2.05) is 0 Å². The van der Waals surface area contributed by atoms with Crippen LogP contribution in [0.25, 0.3) is 0 Å². The van der Waals surface area contributed by atoms with E-state index < -0.39 is 0 Å². The van der Waals surface area contributed by atoms with Gasteiger partial charge < -0.3 is 4.90 Å². The van der Waals surface area contributed by atoms with Crippen molar-refractivity contribution in [2.24, 2.45) is 11.3 Å². The van der Waals surface area contributed by atoms with E-state index in [0.29, 0.717) is 11.5 Å². The Morgan fingerprint density at radius 3 is 2.17 bits per heavy atom. The number of hydrogen-bond acceptors (Lipinski definition) is 2. The first-order valence-corrected chi connectivity index (χ1v) is 8.63. The highest BCUT2D eigenvalue weighted by Crippen LogP contribution is 2.38. The van der Waals surface area contributed by atoms with Crippen molar-refractivity contribution in [2.45, 2.75) is 71.3 Å². The Kier molecular flexibility index (Phi) is 5.44. The van der Waals surface area contributed by atoms with E-state index in [1.165, 1.54) is 64.5 Å². The van der Waals surface area contributed by atoms with Crippen LogP contribution in [0.5, 0.6) is 0 Å². The molecule has 0 aromatic rings. The topological polar surface area (TPSA) is 3.24 Å². The van der Waals surface area contributed by atoms with Gasteiger partial charge in [-0.1, -0.05) is 25.7 Å². The third-order valence-corrected chi connectivity index (χ3v) is 5.63. The molecule has 2 saturated carbocycles. The first kappa shape index (κ1) is 14.7. The molecule has 0 aromatic heterocycles. The van der Waals surface area contributed by atoms with E-state index >= 15 is 0 Å². The van der Waals surface area contributed by atoms with Crippen molar-refractivity contribution in [3.63, 3.8) is 0 Å². The van der Waals surface area contributed by atoms with Crippen molar-refractivity contribution < 1.29 is 0 Å². The van der Waals surface area contributed by atoms with E-state index in [1.54, 1.807) is 0 Å². The maximum absolute atomic E-state index is 4.72. The lowest BCUT2D eigenvalue weighted by molar-refractivity contribution is 0.118. The summed E-state index contributed by atoms with van der Waals surface area (Å²) in [5.41, 5.74) is 0.513. The van der Waals surface area contributed by atoms with Gasteiger partial charge in [-0.2, -0.15) is 12.6 Å². The normalized spacial score (nSPS) is 24.5. The molecule has 0 amide bonds.